The van der Waals surface area contributed by atoms with E-state index in [0.717, 1.165) is 59.5 Å². The van der Waals surface area contributed by atoms with Crippen LogP contribution in [0.2, 0.25) is 5.02 Å². The molecule has 2 atom stereocenters. The average molecular weight is 553 g/mol. The second-order valence-electron chi connectivity index (χ2n) is 9.66. The topological polar surface area (TPSA) is 39.2 Å². The Morgan fingerprint density at radius 2 is 1.76 bits per heavy atom. The molecule has 1 aromatic heterocycles. The van der Waals surface area contributed by atoms with Crippen LogP contribution < -0.4 is 4.74 Å². The summed E-state index contributed by atoms with van der Waals surface area (Å²) in [6.45, 7) is 14.8. The van der Waals surface area contributed by atoms with Crippen LogP contribution in [0.1, 0.15) is 90.5 Å². The minimum absolute atomic E-state index is 0.0991. The van der Waals surface area contributed by atoms with Crippen molar-refractivity contribution in [3.63, 3.8) is 0 Å². The number of benzene rings is 1. The smallest absolute Gasteiger partial charge is 0.136 e. The van der Waals surface area contributed by atoms with E-state index in [-0.39, 0.29) is 11.3 Å². The molecule has 190 valence electrons. The third kappa shape index (κ3) is 8.68. The van der Waals surface area contributed by atoms with E-state index >= 15 is 0 Å². The second-order valence-corrected chi connectivity index (χ2v) is 10.9. The molecule has 0 aliphatic rings. The number of aryl methyl sites for hydroxylation is 1. The third-order valence-corrected chi connectivity index (χ3v) is 7.80. The number of halogens is 2. The minimum atomic E-state index is -0.215. The molecule has 0 N–H and O–H groups in total. The normalized spacial score (nSPS) is 13.6. The van der Waals surface area contributed by atoms with Gasteiger partial charge >= 0.3 is 0 Å². The molecule has 0 bridgehead atoms. The number of Topliss-reactive ketones (excluding diaryl/α,β-unsaturated/α-hetero) is 1. The number of nitrogens with zero attached hydrogens (tertiary/aromatic N) is 1. The molecule has 2 rings (SSSR count). The van der Waals surface area contributed by atoms with Crippen molar-refractivity contribution in [2.45, 2.75) is 92.4 Å². The fraction of sp³-hybridized carbons (Fsp3) is 0.586. The van der Waals surface area contributed by atoms with E-state index in [4.69, 9.17) is 16.3 Å². The van der Waals surface area contributed by atoms with E-state index in [1.165, 1.54) is 5.56 Å². The number of aromatic nitrogens is 1. The molecule has 0 amide bonds. The lowest BCUT2D eigenvalue weighted by atomic mass is 9.69. The predicted molar refractivity (Wildman–Crippen MR) is 149 cm³/mol. The highest BCUT2D eigenvalue weighted by molar-refractivity contribution is 9.10. The lowest BCUT2D eigenvalue weighted by molar-refractivity contribution is -0.123. The molecule has 0 radical (unpaired) electrons. The lowest BCUT2D eigenvalue weighted by Gasteiger charge is -2.35. The first-order chi connectivity index (χ1) is 16.0. The molecule has 1 heterocycles. The van der Waals surface area contributed by atoms with Crippen LogP contribution in [-0.4, -0.2) is 17.9 Å². The van der Waals surface area contributed by atoms with E-state index < -0.39 is 0 Å². The minimum Gasteiger partial charge on any atom is -0.497 e. The average Bonchev–Trinajstić information content (AvgIpc) is 2.81. The highest BCUT2D eigenvalue weighted by Gasteiger charge is 2.37. The summed E-state index contributed by atoms with van der Waals surface area (Å²) in [7, 11) is 1.69. The first-order valence-corrected chi connectivity index (χ1v) is 13.7. The molecule has 34 heavy (non-hydrogen) atoms. The second kappa shape index (κ2) is 14.9. The van der Waals surface area contributed by atoms with E-state index in [1.807, 2.05) is 26.0 Å². The van der Waals surface area contributed by atoms with Crippen molar-refractivity contribution in [3.05, 3.63) is 56.8 Å². The Morgan fingerprint density at radius 3 is 2.24 bits per heavy atom. The number of ketones is 1. The number of carbonyl (C=O) groups excluding carboxylic acids is 1. The Morgan fingerprint density at radius 1 is 1.15 bits per heavy atom. The molecular formula is C29H43BrClNO2. The standard InChI is InChI=1S/C18H27BrClNO.C11H16O/c1-6-9-18(8-3,10-15(22)12(4)7-2)16-13(5)21-11-14(19)17(16)20;1-9(2)8-10-4-6-11(12-3)7-5-10/h11-12H,6-10H2,1-5H3;4-7,9H,8H2,1-3H3. The van der Waals surface area contributed by atoms with Gasteiger partial charge in [-0.1, -0.05) is 71.7 Å². The maximum absolute atomic E-state index is 12.6. The summed E-state index contributed by atoms with van der Waals surface area (Å²) < 4.78 is 5.88. The van der Waals surface area contributed by atoms with Crippen LogP contribution >= 0.6 is 27.5 Å². The van der Waals surface area contributed by atoms with Gasteiger partial charge in [0.25, 0.3) is 0 Å². The van der Waals surface area contributed by atoms with Crippen LogP contribution in [0.25, 0.3) is 0 Å². The van der Waals surface area contributed by atoms with Crippen molar-refractivity contribution >= 4 is 33.3 Å². The molecule has 3 nitrogen and oxygen atoms in total. The number of ether oxygens (including phenoxy) is 1. The van der Waals surface area contributed by atoms with Gasteiger partial charge < -0.3 is 4.74 Å². The molecule has 1 aromatic carbocycles. The summed E-state index contributed by atoms with van der Waals surface area (Å²) in [5.41, 5.74) is 3.14. The van der Waals surface area contributed by atoms with Crippen LogP contribution in [-0.2, 0) is 16.6 Å². The quantitative estimate of drug-likeness (QED) is 0.279. The zero-order chi connectivity index (χ0) is 25.9. The number of pyridine rings is 1. The molecule has 0 fully saturated rings. The summed E-state index contributed by atoms with van der Waals surface area (Å²) in [5.74, 6) is 2.08. The van der Waals surface area contributed by atoms with Gasteiger partial charge in [0.2, 0.25) is 0 Å². The SMILES string of the molecule is CCCC(CC)(CC(=O)C(C)CC)c1c(C)ncc(Br)c1Cl.COc1ccc(CC(C)C)cc1. The van der Waals surface area contributed by atoms with Gasteiger partial charge in [-0.25, -0.2) is 0 Å². The maximum atomic E-state index is 12.6. The van der Waals surface area contributed by atoms with Crippen LogP contribution in [0.5, 0.6) is 5.75 Å². The highest BCUT2D eigenvalue weighted by Crippen LogP contribution is 2.44. The van der Waals surface area contributed by atoms with E-state index in [9.17, 15) is 4.79 Å². The number of carbonyl (C=O) groups is 1. The van der Waals surface area contributed by atoms with Crippen LogP contribution in [0.15, 0.2) is 34.9 Å². The van der Waals surface area contributed by atoms with Crippen molar-refractivity contribution < 1.29 is 9.53 Å². The van der Waals surface area contributed by atoms with Crippen molar-refractivity contribution in [2.24, 2.45) is 11.8 Å². The van der Waals surface area contributed by atoms with Crippen molar-refractivity contribution in [3.8, 4) is 5.75 Å². The van der Waals surface area contributed by atoms with Crippen molar-refractivity contribution in [1.29, 1.82) is 0 Å². The lowest BCUT2D eigenvalue weighted by Crippen LogP contribution is -2.32. The predicted octanol–water partition coefficient (Wildman–Crippen LogP) is 9.15. The molecule has 2 aromatic rings. The third-order valence-electron chi connectivity index (χ3n) is 6.58. The maximum Gasteiger partial charge on any atom is 0.136 e. The van der Waals surface area contributed by atoms with Crippen molar-refractivity contribution in [2.75, 3.05) is 7.11 Å². The van der Waals surface area contributed by atoms with Gasteiger partial charge in [0.05, 0.1) is 16.6 Å². The Kier molecular flexibility index (Phi) is 13.4. The summed E-state index contributed by atoms with van der Waals surface area (Å²) in [6.07, 6.45) is 7.17. The Hall–Kier alpha value is -1.39. The molecule has 0 saturated carbocycles. The van der Waals surface area contributed by atoms with E-state index in [0.29, 0.717) is 17.2 Å². The number of hydrogen-bond acceptors (Lipinski definition) is 3. The van der Waals surface area contributed by atoms with Gasteiger partial charge in [-0.05, 0) is 77.7 Å². The van der Waals surface area contributed by atoms with Gasteiger partial charge in [-0.2, -0.15) is 0 Å². The van der Waals surface area contributed by atoms with Crippen LogP contribution in [0, 0.1) is 18.8 Å². The zero-order valence-electron chi connectivity index (χ0n) is 22.3. The van der Waals surface area contributed by atoms with Gasteiger partial charge in [-0.15, -0.1) is 0 Å². The highest BCUT2D eigenvalue weighted by atomic mass is 79.9. The Bertz CT molecular complexity index is 898. The van der Waals surface area contributed by atoms with Crippen LogP contribution in [0.3, 0.4) is 0 Å². The number of methoxy groups -OCH3 is 1. The number of hydrogen-bond donors (Lipinski definition) is 0. The molecule has 2 unspecified atom stereocenters. The molecule has 0 aliphatic heterocycles. The Balaban J connectivity index is 0.000000404. The molecule has 5 heteroatoms. The Labute approximate surface area is 221 Å². The monoisotopic (exact) mass is 551 g/mol. The molecule has 0 saturated heterocycles. The largest absolute Gasteiger partial charge is 0.497 e. The zero-order valence-corrected chi connectivity index (χ0v) is 24.6. The van der Waals surface area contributed by atoms with Gasteiger partial charge in [0.15, 0.2) is 0 Å². The molecule has 0 aliphatic carbocycles. The van der Waals surface area contributed by atoms with E-state index in [1.54, 1.807) is 13.3 Å². The summed E-state index contributed by atoms with van der Waals surface area (Å²) in [4.78, 5) is 17.1. The fourth-order valence-electron chi connectivity index (χ4n) is 4.40. The first kappa shape index (κ1) is 30.6. The van der Waals surface area contributed by atoms with Crippen molar-refractivity contribution in [1.82, 2.24) is 4.98 Å². The molecular weight excluding hydrogens is 510 g/mol. The molecule has 0 spiro atoms. The van der Waals surface area contributed by atoms with Gasteiger partial charge in [0.1, 0.15) is 11.5 Å². The van der Waals surface area contributed by atoms with Gasteiger partial charge in [-0.3, -0.25) is 9.78 Å². The van der Waals surface area contributed by atoms with Gasteiger partial charge in [0, 0.05) is 29.6 Å². The van der Waals surface area contributed by atoms with Crippen LogP contribution in [0.4, 0.5) is 0 Å². The van der Waals surface area contributed by atoms with E-state index in [2.05, 4.69) is 67.7 Å². The number of rotatable bonds is 11. The summed E-state index contributed by atoms with van der Waals surface area (Å²) in [6, 6.07) is 8.27. The summed E-state index contributed by atoms with van der Waals surface area (Å²) in [5, 5.41) is 0.708. The first-order valence-electron chi connectivity index (χ1n) is 12.5. The summed E-state index contributed by atoms with van der Waals surface area (Å²) >= 11 is 10.1. The fourth-order valence-corrected chi connectivity index (χ4v) is 5.08.